The smallest absolute Gasteiger partial charge is 0.317 e. The molecule has 0 radical (unpaired) electrons. The van der Waals surface area contributed by atoms with Crippen molar-refractivity contribution in [3.8, 4) is 5.69 Å². The Bertz CT molecular complexity index is 648. The Balaban J connectivity index is 1.63. The van der Waals surface area contributed by atoms with Gasteiger partial charge in [0.05, 0.1) is 18.8 Å². The molecule has 2 aromatic rings. The normalized spacial score (nSPS) is 21.2. The van der Waals surface area contributed by atoms with E-state index >= 15 is 0 Å². The SMILES string of the molecule is C[C@@H]1CN(C(=O)NCc2nncn2-c2ccccc2)C[C@@H](C)O1. The van der Waals surface area contributed by atoms with Crippen LogP contribution in [0.5, 0.6) is 0 Å². The van der Waals surface area contributed by atoms with E-state index in [4.69, 9.17) is 4.74 Å². The summed E-state index contributed by atoms with van der Waals surface area (Å²) in [4.78, 5) is 14.1. The van der Waals surface area contributed by atoms with Crippen LogP contribution in [0.1, 0.15) is 19.7 Å². The standard InChI is InChI=1S/C16H21N5O2/c1-12-9-20(10-13(2)23-12)16(22)17-8-15-19-18-11-21(15)14-6-4-3-5-7-14/h3-7,11-13H,8-10H2,1-2H3,(H,17,22)/t12-,13-/m1/s1. The molecule has 7 nitrogen and oxygen atoms in total. The predicted octanol–water partition coefficient (Wildman–Crippen LogP) is 1.59. The first-order chi connectivity index (χ1) is 11.1. The minimum atomic E-state index is -0.102. The van der Waals surface area contributed by atoms with Gasteiger partial charge in [-0.15, -0.1) is 10.2 Å². The Morgan fingerprint density at radius 1 is 1.26 bits per heavy atom. The van der Waals surface area contributed by atoms with Crippen LogP contribution in [0.3, 0.4) is 0 Å². The zero-order valence-electron chi connectivity index (χ0n) is 13.3. The van der Waals surface area contributed by atoms with Gasteiger partial charge >= 0.3 is 6.03 Å². The fourth-order valence-corrected chi connectivity index (χ4v) is 2.79. The summed E-state index contributed by atoms with van der Waals surface area (Å²) in [6, 6.07) is 9.70. The predicted molar refractivity (Wildman–Crippen MR) is 85.2 cm³/mol. The number of morpholine rings is 1. The molecule has 1 aromatic carbocycles. The molecule has 0 unspecified atom stereocenters. The van der Waals surface area contributed by atoms with E-state index in [1.165, 1.54) is 0 Å². The summed E-state index contributed by atoms with van der Waals surface area (Å²) in [6.45, 7) is 5.47. The second-order valence-corrected chi connectivity index (χ2v) is 5.77. The molecule has 122 valence electrons. The number of carbonyl (C=O) groups excluding carboxylic acids is 1. The van der Waals surface area contributed by atoms with Gasteiger partial charge in [-0.25, -0.2) is 4.79 Å². The summed E-state index contributed by atoms with van der Waals surface area (Å²) in [5.41, 5.74) is 0.968. The molecule has 2 heterocycles. The van der Waals surface area contributed by atoms with Crippen LogP contribution in [-0.2, 0) is 11.3 Å². The third-order valence-electron chi connectivity index (χ3n) is 3.76. The lowest BCUT2D eigenvalue weighted by Gasteiger charge is -2.35. The number of carbonyl (C=O) groups is 1. The molecule has 1 aliphatic heterocycles. The number of hydrogen-bond acceptors (Lipinski definition) is 4. The van der Waals surface area contributed by atoms with Crippen LogP contribution >= 0.6 is 0 Å². The van der Waals surface area contributed by atoms with Crippen molar-refractivity contribution in [3.63, 3.8) is 0 Å². The zero-order chi connectivity index (χ0) is 16.2. The molecule has 7 heteroatoms. The Labute approximate surface area is 135 Å². The number of nitrogens with one attached hydrogen (secondary N) is 1. The van der Waals surface area contributed by atoms with E-state index in [-0.39, 0.29) is 18.2 Å². The van der Waals surface area contributed by atoms with Crippen LogP contribution in [0.15, 0.2) is 36.7 Å². The van der Waals surface area contributed by atoms with Gasteiger partial charge in [-0.1, -0.05) is 18.2 Å². The molecule has 0 bridgehead atoms. The maximum Gasteiger partial charge on any atom is 0.317 e. The highest BCUT2D eigenvalue weighted by Crippen LogP contribution is 2.11. The lowest BCUT2D eigenvalue weighted by molar-refractivity contribution is -0.0545. The molecule has 3 rings (SSSR count). The van der Waals surface area contributed by atoms with Crippen molar-refractivity contribution >= 4 is 6.03 Å². The van der Waals surface area contributed by atoms with Gasteiger partial charge in [-0.2, -0.15) is 0 Å². The first-order valence-electron chi connectivity index (χ1n) is 7.76. The molecular weight excluding hydrogens is 294 g/mol. The Kier molecular flexibility index (Phi) is 4.57. The van der Waals surface area contributed by atoms with E-state index in [2.05, 4.69) is 15.5 Å². The highest BCUT2D eigenvalue weighted by Gasteiger charge is 2.25. The largest absolute Gasteiger partial charge is 0.372 e. The van der Waals surface area contributed by atoms with Gasteiger partial charge in [0.1, 0.15) is 6.33 Å². The summed E-state index contributed by atoms with van der Waals surface area (Å²) in [5.74, 6) is 0.693. The van der Waals surface area contributed by atoms with Crippen molar-refractivity contribution in [1.29, 1.82) is 0 Å². The first kappa shape index (κ1) is 15.5. The van der Waals surface area contributed by atoms with E-state index in [1.54, 1.807) is 11.2 Å². The highest BCUT2D eigenvalue weighted by atomic mass is 16.5. The lowest BCUT2D eigenvalue weighted by Crippen LogP contribution is -2.51. The monoisotopic (exact) mass is 315 g/mol. The third-order valence-corrected chi connectivity index (χ3v) is 3.76. The molecule has 1 aromatic heterocycles. The molecule has 0 saturated carbocycles. The topological polar surface area (TPSA) is 72.3 Å². The van der Waals surface area contributed by atoms with Crippen molar-refractivity contribution in [1.82, 2.24) is 25.0 Å². The van der Waals surface area contributed by atoms with Crippen LogP contribution in [-0.4, -0.2) is 51.0 Å². The summed E-state index contributed by atoms with van der Waals surface area (Å²) in [5, 5.41) is 10.9. The zero-order valence-corrected chi connectivity index (χ0v) is 13.3. The number of nitrogens with zero attached hydrogens (tertiary/aromatic N) is 4. The number of aromatic nitrogens is 3. The molecule has 1 fully saturated rings. The maximum atomic E-state index is 12.3. The quantitative estimate of drug-likeness (QED) is 0.933. The van der Waals surface area contributed by atoms with Crippen molar-refractivity contribution in [2.45, 2.75) is 32.6 Å². The summed E-state index contributed by atoms with van der Waals surface area (Å²) >= 11 is 0. The van der Waals surface area contributed by atoms with Gasteiger partial charge in [0.25, 0.3) is 0 Å². The van der Waals surface area contributed by atoms with Gasteiger partial charge in [-0.05, 0) is 26.0 Å². The number of benzene rings is 1. The van der Waals surface area contributed by atoms with Gasteiger partial charge in [-0.3, -0.25) is 4.57 Å². The summed E-state index contributed by atoms with van der Waals surface area (Å²) < 4.78 is 7.51. The molecule has 2 amide bonds. The van der Waals surface area contributed by atoms with Crippen LogP contribution in [0.2, 0.25) is 0 Å². The van der Waals surface area contributed by atoms with Crippen molar-refractivity contribution < 1.29 is 9.53 Å². The van der Waals surface area contributed by atoms with E-state index in [9.17, 15) is 4.79 Å². The second kappa shape index (κ2) is 6.78. The molecule has 23 heavy (non-hydrogen) atoms. The molecule has 1 N–H and O–H groups in total. The lowest BCUT2D eigenvalue weighted by atomic mass is 10.2. The highest BCUT2D eigenvalue weighted by molar-refractivity contribution is 5.74. The summed E-state index contributed by atoms with van der Waals surface area (Å²) in [7, 11) is 0. The number of ether oxygens (including phenoxy) is 1. The fraction of sp³-hybridized carbons (Fsp3) is 0.438. The van der Waals surface area contributed by atoms with Crippen molar-refractivity contribution in [2.75, 3.05) is 13.1 Å². The molecule has 1 aliphatic rings. The number of rotatable bonds is 3. The number of urea groups is 1. The average Bonchev–Trinajstić information content (AvgIpc) is 3.01. The van der Waals surface area contributed by atoms with Gasteiger partial charge in [0.2, 0.25) is 0 Å². The Hall–Kier alpha value is -2.41. The van der Waals surface area contributed by atoms with Crippen molar-refractivity contribution in [2.24, 2.45) is 0 Å². The Morgan fingerprint density at radius 3 is 2.65 bits per heavy atom. The molecule has 0 aliphatic carbocycles. The maximum absolute atomic E-state index is 12.3. The molecule has 2 atom stereocenters. The molecular formula is C16H21N5O2. The van der Waals surface area contributed by atoms with Crippen LogP contribution < -0.4 is 5.32 Å². The van der Waals surface area contributed by atoms with Crippen LogP contribution in [0, 0.1) is 0 Å². The minimum Gasteiger partial charge on any atom is -0.372 e. The number of amides is 2. The minimum absolute atomic E-state index is 0.0532. The Morgan fingerprint density at radius 2 is 1.96 bits per heavy atom. The fourth-order valence-electron chi connectivity index (χ4n) is 2.79. The van der Waals surface area contributed by atoms with Crippen molar-refractivity contribution in [3.05, 3.63) is 42.5 Å². The van der Waals surface area contributed by atoms with Crippen LogP contribution in [0.4, 0.5) is 4.79 Å². The second-order valence-electron chi connectivity index (χ2n) is 5.77. The summed E-state index contributed by atoms with van der Waals surface area (Å²) in [6.07, 6.45) is 1.75. The first-order valence-corrected chi connectivity index (χ1v) is 7.76. The van der Waals surface area contributed by atoms with Gasteiger partial charge < -0.3 is 15.0 Å². The van der Waals surface area contributed by atoms with E-state index in [1.807, 2.05) is 48.7 Å². The van der Waals surface area contributed by atoms with E-state index < -0.39 is 0 Å². The molecule has 0 spiro atoms. The number of hydrogen-bond donors (Lipinski definition) is 1. The average molecular weight is 315 g/mol. The van der Waals surface area contributed by atoms with E-state index in [0.717, 1.165) is 5.69 Å². The van der Waals surface area contributed by atoms with Gasteiger partial charge in [0.15, 0.2) is 5.82 Å². The molecule has 1 saturated heterocycles. The third kappa shape index (κ3) is 3.68. The van der Waals surface area contributed by atoms with Gasteiger partial charge in [0, 0.05) is 18.8 Å². The number of para-hydroxylation sites is 1. The van der Waals surface area contributed by atoms with Crippen LogP contribution in [0.25, 0.3) is 5.69 Å². The van der Waals surface area contributed by atoms with E-state index in [0.29, 0.717) is 25.5 Å².